The number of aryl methyl sites for hydroxylation is 1. The summed E-state index contributed by atoms with van der Waals surface area (Å²) in [5.74, 6) is -0.950. The van der Waals surface area contributed by atoms with Crippen LogP contribution in [0.1, 0.15) is 19.5 Å². The van der Waals surface area contributed by atoms with Crippen molar-refractivity contribution < 1.29 is 14.7 Å². The standard InChI is InChI=1S/C11H18N4O3/c1-11(2,9(16)17)7-13-10(18)12-6-8-4-5-14-15(8)3/h4-5H,6-7H2,1-3H3,(H,16,17)(H2,12,13,18). The van der Waals surface area contributed by atoms with Gasteiger partial charge in [-0.05, 0) is 19.9 Å². The molecule has 0 aromatic carbocycles. The van der Waals surface area contributed by atoms with Gasteiger partial charge in [0.1, 0.15) is 0 Å². The van der Waals surface area contributed by atoms with Crippen LogP contribution in [-0.2, 0) is 18.4 Å². The predicted octanol–water partition coefficient (Wildman–Crippen LogP) is 0.330. The van der Waals surface area contributed by atoms with Crippen molar-refractivity contribution in [2.45, 2.75) is 20.4 Å². The zero-order valence-corrected chi connectivity index (χ0v) is 10.7. The zero-order valence-electron chi connectivity index (χ0n) is 10.7. The number of nitrogens with one attached hydrogen (secondary N) is 2. The van der Waals surface area contributed by atoms with Gasteiger partial charge in [0.25, 0.3) is 0 Å². The van der Waals surface area contributed by atoms with E-state index >= 15 is 0 Å². The maximum absolute atomic E-state index is 11.5. The molecule has 1 aromatic rings. The van der Waals surface area contributed by atoms with E-state index in [4.69, 9.17) is 5.11 Å². The van der Waals surface area contributed by atoms with E-state index < -0.39 is 17.4 Å². The number of aromatic nitrogens is 2. The first-order chi connectivity index (χ1) is 8.33. The average Bonchev–Trinajstić information content (AvgIpc) is 2.69. The first kappa shape index (κ1) is 14.0. The molecule has 0 spiro atoms. The largest absolute Gasteiger partial charge is 0.481 e. The quantitative estimate of drug-likeness (QED) is 0.705. The van der Waals surface area contributed by atoms with E-state index in [1.54, 1.807) is 37.8 Å². The van der Waals surface area contributed by atoms with Crippen LogP contribution in [-0.4, -0.2) is 33.4 Å². The summed E-state index contributed by atoms with van der Waals surface area (Å²) in [6.07, 6.45) is 1.64. The second-order valence-corrected chi connectivity index (χ2v) is 4.67. The molecule has 0 atom stereocenters. The Morgan fingerprint density at radius 1 is 1.44 bits per heavy atom. The minimum atomic E-state index is -0.982. The molecule has 7 heteroatoms. The number of amides is 2. The molecule has 18 heavy (non-hydrogen) atoms. The molecule has 1 aromatic heterocycles. The third kappa shape index (κ3) is 3.76. The van der Waals surface area contributed by atoms with Gasteiger partial charge in [-0.15, -0.1) is 0 Å². The molecule has 1 heterocycles. The summed E-state index contributed by atoms with van der Waals surface area (Å²) in [5, 5.41) is 18.0. The van der Waals surface area contributed by atoms with Gasteiger partial charge >= 0.3 is 12.0 Å². The molecule has 0 radical (unpaired) electrons. The van der Waals surface area contributed by atoms with Crippen LogP contribution in [0.3, 0.4) is 0 Å². The molecule has 0 fully saturated rings. The lowest BCUT2D eigenvalue weighted by atomic mass is 9.94. The third-order valence-corrected chi connectivity index (χ3v) is 2.62. The fraction of sp³-hybridized carbons (Fsp3) is 0.545. The number of carboxylic acid groups (broad SMARTS) is 1. The van der Waals surface area contributed by atoms with Gasteiger partial charge in [-0.2, -0.15) is 5.10 Å². The summed E-state index contributed by atoms with van der Waals surface area (Å²) < 4.78 is 1.65. The van der Waals surface area contributed by atoms with Gasteiger partial charge in [0, 0.05) is 19.8 Å². The number of hydrogen-bond donors (Lipinski definition) is 3. The molecule has 0 aliphatic carbocycles. The fourth-order valence-corrected chi connectivity index (χ4v) is 1.18. The highest BCUT2D eigenvalue weighted by molar-refractivity contribution is 5.77. The van der Waals surface area contributed by atoms with E-state index in [-0.39, 0.29) is 6.54 Å². The number of nitrogens with zero attached hydrogens (tertiary/aromatic N) is 2. The highest BCUT2D eigenvalue weighted by Gasteiger charge is 2.27. The van der Waals surface area contributed by atoms with Crippen LogP contribution in [0.2, 0.25) is 0 Å². The molecule has 7 nitrogen and oxygen atoms in total. The van der Waals surface area contributed by atoms with Crippen molar-refractivity contribution in [3.63, 3.8) is 0 Å². The summed E-state index contributed by atoms with van der Waals surface area (Å²) in [6.45, 7) is 3.52. The molecule has 0 saturated carbocycles. The Morgan fingerprint density at radius 2 is 2.11 bits per heavy atom. The Balaban J connectivity index is 2.35. The summed E-state index contributed by atoms with van der Waals surface area (Å²) in [6, 6.07) is 1.40. The molecular weight excluding hydrogens is 236 g/mol. The molecule has 0 aliphatic heterocycles. The SMILES string of the molecule is Cn1nccc1CNC(=O)NCC(C)(C)C(=O)O. The van der Waals surface area contributed by atoms with Crippen molar-refractivity contribution >= 4 is 12.0 Å². The van der Waals surface area contributed by atoms with Crippen molar-refractivity contribution in [1.29, 1.82) is 0 Å². The second-order valence-electron chi connectivity index (χ2n) is 4.67. The van der Waals surface area contributed by atoms with Crippen molar-refractivity contribution in [1.82, 2.24) is 20.4 Å². The van der Waals surface area contributed by atoms with Crippen molar-refractivity contribution in [2.24, 2.45) is 12.5 Å². The molecule has 0 aliphatic rings. The minimum Gasteiger partial charge on any atom is -0.481 e. The molecule has 0 saturated heterocycles. The van der Waals surface area contributed by atoms with Crippen LogP contribution in [0.15, 0.2) is 12.3 Å². The number of rotatable bonds is 5. The van der Waals surface area contributed by atoms with Crippen molar-refractivity contribution in [2.75, 3.05) is 6.54 Å². The van der Waals surface area contributed by atoms with Gasteiger partial charge in [0.2, 0.25) is 0 Å². The van der Waals surface area contributed by atoms with E-state index in [1.807, 2.05) is 0 Å². The molecule has 0 bridgehead atoms. The van der Waals surface area contributed by atoms with Crippen molar-refractivity contribution in [3.05, 3.63) is 18.0 Å². The highest BCUT2D eigenvalue weighted by Crippen LogP contribution is 2.12. The summed E-state index contributed by atoms with van der Waals surface area (Å²) in [5.41, 5.74) is -0.119. The summed E-state index contributed by atoms with van der Waals surface area (Å²) in [7, 11) is 1.78. The van der Waals surface area contributed by atoms with Gasteiger partial charge in [-0.25, -0.2) is 4.79 Å². The Labute approximate surface area is 105 Å². The maximum atomic E-state index is 11.5. The summed E-state index contributed by atoms with van der Waals surface area (Å²) in [4.78, 5) is 22.3. The molecule has 100 valence electrons. The van der Waals surface area contributed by atoms with Gasteiger partial charge in [-0.3, -0.25) is 9.48 Å². The minimum absolute atomic E-state index is 0.0690. The van der Waals surface area contributed by atoms with Crippen molar-refractivity contribution in [3.8, 4) is 0 Å². The van der Waals surface area contributed by atoms with E-state index in [2.05, 4.69) is 15.7 Å². The van der Waals surface area contributed by atoms with Gasteiger partial charge in [0.05, 0.1) is 17.7 Å². The maximum Gasteiger partial charge on any atom is 0.315 e. The topological polar surface area (TPSA) is 96.3 Å². The molecule has 2 amide bonds. The summed E-state index contributed by atoms with van der Waals surface area (Å²) >= 11 is 0. The number of carboxylic acids is 1. The van der Waals surface area contributed by atoms with E-state index in [1.165, 1.54) is 0 Å². The second kappa shape index (κ2) is 5.52. The number of urea groups is 1. The molecule has 3 N–H and O–H groups in total. The van der Waals surface area contributed by atoms with Gasteiger partial charge < -0.3 is 15.7 Å². The Bertz CT molecular complexity index is 439. The Morgan fingerprint density at radius 3 is 2.61 bits per heavy atom. The molecule has 1 rings (SSSR count). The fourth-order valence-electron chi connectivity index (χ4n) is 1.18. The highest BCUT2D eigenvalue weighted by atomic mass is 16.4. The number of carbonyl (C=O) groups excluding carboxylic acids is 1. The third-order valence-electron chi connectivity index (χ3n) is 2.62. The monoisotopic (exact) mass is 254 g/mol. The number of hydrogen-bond acceptors (Lipinski definition) is 3. The number of carbonyl (C=O) groups is 2. The average molecular weight is 254 g/mol. The van der Waals surface area contributed by atoms with Crippen LogP contribution in [0, 0.1) is 5.41 Å². The predicted molar refractivity (Wildman–Crippen MR) is 64.9 cm³/mol. The van der Waals surface area contributed by atoms with E-state index in [0.29, 0.717) is 6.54 Å². The van der Waals surface area contributed by atoms with Crippen LogP contribution >= 0.6 is 0 Å². The van der Waals surface area contributed by atoms with Crippen LogP contribution in [0.25, 0.3) is 0 Å². The smallest absolute Gasteiger partial charge is 0.315 e. The van der Waals surface area contributed by atoms with Gasteiger partial charge in [0.15, 0.2) is 0 Å². The lowest BCUT2D eigenvalue weighted by Gasteiger charge is -2.19. The van der Waals surface area contributed by atoms with Crippen LogP contribution in [0.4, 0.5) is 4.79 Å². The first-order valence-corrected chi connectivity index (χ1v) is 5.55. The first-order valence-electron chi connectivity index (χ1n) is 5.55. The van der Waals surface area contributed by atoms with Crippen LogP contribution < -0.4 is 10.6 Å². The normalized spacial score (nSPS) is 11.1. The molecular formula is C11H18N4O3. The molecule has 0 unspecified atom stereocenters. The number of aliphatic carboxylic acids is 1. The lowest BCUT2D eigenvalue weighted by Crippen LogP contribution is -2.43. The Kier molecular flexibility index (Phi) is 4.30. The van der Waals surface area contributed by atoms with E-state index in [0.717, 1.165) is 5.69 Å². The van der Waals surface area contributed by atoms with Crippen LogP contribution in [0.5, 0.6) is 0 Å². The Hall–Kier alpha value is -2.05. The van der Waals surface area contributed by atoms with E-state index in [9.17, 15) is 9.59 Å². The van der Waals surface area contributed by atoms with Gasteiger partial charge in [-0.1, -0.05) is 0 Å². The lowest BCUT2D eigenvalue weighted by molar-refractivity contribution is -0.146. The zero-order chi connectivity index (χ0) is 13.8.